The van der Waals surface area contributed by atoms with Crippen molar-refractivity contribution in [1.82, 2.24) is 9.97 Å². The molecule has 0 spiro atoms. The van der Waals surface area contributed by atoms with Crippen LogP contribution in [-0.4, -0.2) is 9.97 Å². The summed E-state index contributed by atoms with van der Waals surface area (Å²) < 4.78 is 1.23. The molecule has 12 heavy (non-hydrogen) atoms. The normalized spacial score (nSPS) is 10.8. The third kappa shape index (κ3) is 1.01. The molecule has 0 bridgehead atoms. The predicted octanol–water partition coefficient (Wildman–Crippen LogP) is 2.56. The molecule has 2 aromatic heterocycles. The number of pyridine rings is 1. The van der Waals surface area contributed by atoms with Crippen molar-refractivity contribution in [3.05, 3.63) is 23.0 Å². The minimum atomic E-state index is 1.01. The minimum Gasteiger partial charge on any atom is -0.260 e. The fraction of sp³-hybridized carbons (Fsp3) is 0.333. The summed E-state index contributed by atoms with van der Waals surface area (Å²) in [5.74, 6) is 0. The van der Waals surface area contributed by atoms with Crippen LogP contribution in [0.1, 0.15) is 18.2 Å². The first-order valence-corrected chi connectivity index (χ1v) is 4.88. The smallest absolute Gasteiger partial charge is 0.0877 e. The Morgan fingerprint density at radius 3 is 3.00 bits per heavy atom. The maximum Gasteiger partial charge on any atom is 0.0877 e. The molecule has 0 aromatic carbocycles. The highest BCUT2D eigenvalue weighted by atomic mass is 32.1. The van der Waals surface area contributed by atoms with Crippen LogP contribution < -0.4 is 0 Å². The molecule has 2 rings (SSSR count). The Kier molecular flexibility index (Phi) is 1.81. The van der Waals surface area contributed by atoms with Gasteiger partial charge in [-0.3, -0.25) is 4.98 Å². The highest BCUT2D eigenvalue weighted by molar-refractivity contribution is 7.16. The van der Waals surface area contributed by atoms with Crippen molar-refractivity contribution in [2.24, 2.45) is 0 Å². The lowest BCUT2D eigenvalue weighted by atomic mass is 10.2. The van der Waals surface area contributed by atoms with Gasteiger partial charge in [-0.1, -0.05) is 6.92 Å². The molecule has 0 saturated heterocycles. The summed E-state index contributed by atoms with van der Waals surface area (Å²) in [6.07, 6.45) is 2.94. The zero-order valence-corrected chi connectivity index (χ0v) is 7.98. The zero-order valence-electron chi connectivity index (χ0n) is 7.16. The summed E-state index contributed by atoms with van der Waals surface area (Å²) in [5.41, 5.74) is 5.36. The van der Waals surface area contributed by atoms with Gasteiger partial charge in [0.2, 0.25) is 0 Å². The van der Waals surface area contributed by atoms with Crippen LogP contribution in [0.15, 0.2) is 11.7 Å². The number of nitrogens with zero attached hydrogens (tertiary/aromatic N) is 2. The monoisotopic (exact) mass is 178 g/mol. The number of thiazole rings is 1. The van der Waals surface area contributed by atoms with Gasteiger partial charge in [0.15, 0.2) is 0 Å². The Morgan fingerprint density at radius 1 is 1.42 bits per heavy atom. The van der Waals surface area contributed by atoms with Crippen LogP contribution in [0.25, 0.3) is 10.2 Å². The predicted molar refractivity (Wildman–Crippen MR) is 51.5 cm³/mol. The lowest BCUT2D eigenvalue weighted by Crippen LogP contribution is -1.87. The van der Waals surface area contributed by atoms with Gasteiger partial charge in [0.1, 0.15) is 0 Å². The van der Waals surface area contributed by atoms with E-state index in [0.717, 1.165) is 17.6 Å². The van der Waals surface area contributed by atoms with Gasteiger partial charge in [-0.05, 0) is 18.9 Å². The molecule has 0 fully saturated rings. The molecule has 0 aliphatic rings. The van der Waals surface area contributed by atoms with E-state index in [9.17, 15) is 0 Å². The van der Waals surface area contributed by atoms with Gasteiger partial charge < -0.3 is 0 Å². The van der Waals surface area contributed by atoms with E-state index in [1.54, 1.807) is 11.3 Å². The Morgan fingerprint density at radius 2 is 2.25 bits per heavy atom. The average Bonchev–Trinajstić information content (AvgIpc) is 2.54. The fourth-order valence-electron chi connectivity index (χ4n) is 1.28. The minimum absolute atomic E-state index is 1.01. The third-order valence-electron chi connectivity index (χ3n) is 2.00. The molecule has 0 N–H and O–H groups in total. The first-order valence-electron chi connectivity index (χ1n) is 4.00. The fourth-order valence-corrected chi connectivity index (χ4v) is 2.07. The van der Waals surface area contributed by atoms with Crippen molar-refractivity contribution < 1.29 is 0 Å². The largest absolute Gasteiger partial charge is 0.260 e. The molecule has 0 amide bonds. The van der Waals surface area contributed by atoms with Gasteiger partial charge >= 0.3 is 0 Å². The Bertz CT molecular complexity index is 406. The summed E-state index contributed by atoms with van der Waals surface area (Å²) in [4.78, 5) is 8.65. The van der Waals surface area contributed by atoms with E-state index in [2.05, 4.69) is 16.9 Å². The van der Waals surface area contributed by atoms with Crippen molar-refractivity contribution in [2.75, 3.05) is 0 Å². The van der Waals surface area contributed by atoms with Crippen LogP contribution in [0.2, 0.25) is 0 Å². The number of hydrogen-bond acceptors (Lipinski definition) is 3. The molecule has 2 heterocycles. The van der Waals surface area contributed by atoms with Gasteiger partial charge in [0, 0.05) is 6.20 Å². The number of aromatic nitrogens is 2. The number of fused-ring (bicyclic) bond motifs is 1. The highest BCUT2D eigenvalue weighted by Gasteiger charge is 2.04. The van der Waals surface area contributed by atoms with E-state index in [1.165, 1.54) is 10.3 Å². The maximum atomic E-state index is 4.33. The molecule has 2 aromatic rings. The van der Waals surface area contributed by atoms with E-state index in [1.807, 2.05) is 18.6 Å². The van der Waals surface area contributed by atoms with Gasteiger partial charge in [0.05, 0.1) is 21.4 Å². The Hall–Kier alpha value is -0.960. The van der Waals surface area contributed by atoms with E-state index in [4.69, 9.17) is 0 Å². The number of rotatable bonds is 1. The molecular formula is C9H10N2S. The second kappa shape index (κ2) is 2.83. The second-order valence-electron chi connectivity index (χ2n) is 2.75. The lowest BCUT2D eigenvalue weighted by Gasteiger charge is -1.98. The standard InChI is InChI=1S/C9H10N2S/c1-3-7-4-10-6(2)9-8(7)11-5-12-9/h4-5H,3H2,1-2H3. The SMILES string of the molecule is CCc1cnc(C)c2scnc12. The molecule has 0 atom stereocenters. The quantitative estimate of drug-likeness (QED) is 0.670. The van der Waals surface area contributed by atoms with Gasteiger partial charge in [-0.2, -0.15) is 0 Å². The van der Waals surface area contributed by atoms with Crippen LogP contribution in [0.5, 0.6) is 0 Å². The Balaban J connectivity index is 2.82. The lowest BCUT2D eigenvalue weighted by molar-refractivity contribution is 1.10. The molecule has 0 unspecified atom stereocenters. The van der Waals surface area contributed by atoms with Crippen molar-refractivity contribution in [3.63, 3.8) is 0 Å². The first-order chi connectivity index (χ1) is 5.83. The van der Waals surface area contributed by atoms with Gasteiger partial charge in [-0.25, -0.2) is 4.98 Å². The van der Waals surface area contributed by atoms with E-state index >= 15 is 0 Å². The van der Waals surface area contributed by atoms with Crippen LogP contribution >= 0.6 is 11.3 Å². The molecule has 0 radical (unpaired) electrons. The molecule has 62 valence electrons. The third-order valence-corrected chi connectivity index (χ3v) is 2.93. The summed E-state index contributed by atoms with van der Waals surface area (Å²) in [7, 11) is 0. The molecule has 2 nitrogen and oxygen atoms in total. The van der Waals surface area contributed by atoms with Crippen LogP contribution in [0.3, 0.4) is 0 Å². The molecule has 3 heteroatoms. The van der Waals surface area contributed by atoms with E-state index < -0.39 is 0 Å². The average molecular weight is 178 g/mol. The molecule has 0 aliphatic heterocycles. The maximum absolute atomic E-state index is 4.33. The topological polar surface area (TPSA) is 25.8 Å². The van der Waals surface area contributed by atoms with Crippen LogP contribution in [0.4, 0.5) is 0 Å². The summed E-state index contributed by atoms with van der Waals surface area (Å²) in [5, 5.41) is 0. The Labute approximate surface area is 75.3 Å². The van der Waals surface area contributed by atoms with Gasteiger partial charge in [0.25, 0.3) is 0 Å². The van der Waals surface area contributed by atoms with Crippen molar-refractivity contribution in [1.29, 1.82) is 0 Å². The molecule has 0 aliphatic carbocycles. The van der Waals surface area contributed by atoms with Gasteiger partial charge in [-0.15, -0.1) is 11.3 Å². The molecule has 0 saturated carbocycles. The summed E-state index contributed by atoms with van der Waals surface area (Å²) in [6, 6.07) is 0. The number of aryl methyl sites for hydroxylation is 2. The number of hydrogen-bond donors (Lipinski definition) is 0. The zero-order chi connectivity index (χ0) is 8.55. The highest BCUT2D eigenvalue weighted by Crippen LogP contribution is 2.23. The van der Waals surface area contributed by atoms with Crippen molar-refractivity contribution >= 4 is 21.6 Å². The van der Waals surface area contributed by atoms with Crippen molar-refractivity contribution in [2.45, 2.75) is 20.3 Å². The second-order valence-corrected chi connectivity index (χ2v) is 3.61. The summed E-state index contributed by atoms with van der Waals surface area (Å²) >= 11 is 1.67. The molecular weight excluding hydrogens is 168 g/mol. The van der Waals surface area contributed by atoms with Crippen LogP contribution in [-0.2, 0) is 6.42 Å². The first kappa shape index (κ1) is 7.68. The summed E-state index contributed by atoms with van der Waals surface area (Å²) in [6.45, 7) is 4.16. The van der Waals surface area contributed by atoms with Crippen LogP contribution in [0, 0.1) is 6.92 Å². The van der Waals surface area contributed by atoms with E-state index in [0.29, 0.717) is 0 Å². The van der Waals surface area contributed by atoms with E-state index in [-0.39, 0.29) is 0 Å². The van der Waals surface area contributed by atoms with Crippen molar-refractivity contribution in [3.8, 4) is 0 Å².